The number of ether oxygens (including phenoxy) is 2. The van der Waals surface area contributed by atoms with Crippen LogP contribution in [0.25, 0.3) is 0 Å². The molecule has 268 valence electrons. The van der Waals surface area contributed by atoms with Gasteiger partial charge in [-0.05, 0) is 73.1 Å². The molecule has 12 heteroatoms. The lowest BCUT2D eigenvalue weighted by Crippen LogP contribution is -2.45. The Morgan fingerprint density at radius 2 is 1.77 bits per heavy atom. The Hall–Kier alpha value is -5.17. The molecule has 7 rings (SSSR count). The number of carbonyl (C=O) groups is 2. The lowest BCUT2D eigenvalue weighted by molar-refractivity contribution is -0.146. The molecule has 0 unspecified atom stereocenters. The van der Waals surface area contributed by atoms with Gasteiger partial charge in [0, 0.05) is 34.8 Å². The smallest absolute Gasteiger partial charge is 0.264 e. The molecular formula is C40H42FN5O5Si. The molecule has 52 heavy (non-hydrogen) atoms. The summed E-state index contributed by atoms with van der Waals surface area (Å²) in [5.41, 5.74) is 2.64. The number of aromatic nitrogens is 3. The van der Waals surface area contributed by atoms with Crippen LogP contribution in [-0.2, 0) is 28.2 Å². The van der Waals surface area contributed by atoms with E-state index in [0.29, 0.717) is 41.2 Å². The first kappa shape index (κ1) is 35.2. The van der Waals surface area contributed by atoms with Crippen molar-refractivity contribution in [2.75, 3.05) is 17.3 Å². The second-order valence-electron chi connectivity index (χ2n) is 14.1. The van der Waals surface area contributed by atoms with Gasteiger partial charge in [-0.1, -0.05) is 72.8 Å². The SMILES string of the molecule is COc1ccc(C(=O)Nc2cccc(CN3C(=O)[C@@]4(O[C@@H](CCn5cc([C@H](O)c6ccccc6)nn5)[C@H]([Si](C)(C)F)[C@H]4C)c4ccccc43)c2)cc1. The Balaban J connectivity index is 1.11. The minimum absolute atomic E-state index is 0.228. The van der Waals surface area contributed by atoms with Crippen molar-refractivity contribution in [2.24, 2.45) is 5.92 Å². The summed E-state index contributed by atoms with van der Waals surface area (Å²) < 4.78 is 30.1. The third-order valence-corrected chi connectivity index (χ3v) is 12.8. The maximum Gasteiger partial charge on any atom is 0.264 e. The number of aliphatic hydroxyl groups excluding tert-OH is 1. The van der Waals surface area contributed by atoms with Crippen molar-refractivity contribution in [3.8, 4) is 5.75 Å². The van der Waals surface area contributed by atoms with Gasteiger partial charge in [0.25, 0.3) is 11.8 Å². The predicted molar refractivity (Wildman–Crippen MR) is 198 cm³/mol. The first-order valence-corrected chi connectivity index (χ1v) is 20.4. The first-order chi connectivity index (χ1) is 25.0. The molecule has 0 aliphatic carbocycles. The van der Waals surface area contributed by atoms with Crippen LogP contribution in [0.2, 0.25) is 18.6 Å². The van der Waals surface area contributed by atoms with E-state index >= 15 is 4.11 Å². The van der Waals surface area contributed by atoms with Gasteiger partial charge >= 0.3 is 0 Å². The third-order valence-electron chi connectivity index (χ3n) is 10.3. The minimum atomic E-state index is -3.37. The molecule has 1 aromatic heterocycles. The average Bonchev–Trinajstić information content (AvgIpc) is 3.81. The molecule has 1 saturated heterocycles. The number of halogens is 1. The van der Waals surface area contributed by atoms with Gasteiger partial charge in [-0.2, -0.15) is 0 Å². The molecule has 0 radical (unpaired) electrons. The zero-order valence-corrected chi connectivity index (χ0v) is 30.6. The van der Waals surface area contributed by atoms with Crippen LogP contribution in [0.15, 0.2) is 109 Å². The number of carbonyl (C=O) groups excluding carboxylic acids is 2. The molecule has 4 aromatic carbocycles. The first-order valence-electron chi connectivity index (χ1n) is 17.4. The number of amides is 2. The highest BCUT2D eigenvalue weighted by atomic mass is 28.4. The van der Waals surface area contributed by atoms with Crippen molar-refractivity contribution in [3.63, 3.8) is 0 Å². The topological polar surface area (TPSA) is 119 Å². The van der Waals surface area contributed by atoms with Gasteiger partial charge in [-0.3, -0.25) is 14.3 Å². The fraction of sp³-hybridized carbons (Fsp3) is 0.300. The molecule has 5 aromatic rings. The van der Waals surface area contributed by atoms with Crippen molar-refractivity contribution in [1.82, 2.24) is 15.0 Å². The number of aliphatic hydroxyl groups is 1. The molecule has 10 nitrogen and oxygen atoms in total. The third kappa shape index (κ3) is 6.53. The van der Waals surface area contributed by atoms with Crippen molar-refractivity contribution < 1.29 is 28.3 Å². The summed E-state index contributed by atoms with van der Waals surface area (Å²) in [4.78, 5) is 29.5. The van der Waals surface area contributed by atoms with Gasteiger partial charge in [-0.15, -0.1) is 5.10 Å². The molecule has 2 N–H and O–H groups in total. The van der Waals surface area contributed by atoms with Gasteiger partial charge in [0.1, 0.15) is 17.5 Å². The number of benzene rings is 4. The summed E-state index contributed by atoms with van der Waals surface area (Å²) >= 11 is 0. The molecule has 0 bridgehead atoms. The molecule has 2 aliphatic rings. The zero-order chi connectivity index (χ0) is 36.6. The standard InChI is InChI=1S/C40H42FN5O5Si/c1-26-37(52(3,4)41)35(21-22-45-25-33(43-44-45)36(47)28-12-6-5-7-13-28)51-40(26)32-15-8-9-16-34(32)46(39(40)49)24-27-11-10-14-30(23-27)42-38(48)29-17-19-31(50-2)20-18-29/h5-20,23,25-26,35-37,47H,21-22,24H2,1-4H3,(H,42,48)/t26-,35+,36-,37-,40+/m1/s1. The molecule has 5 atom stereocenters. The Kier molecular flexibility index (Phi) is 9.55. The number of nitrogens with one attached hydrogen (secondary N) is 1. The number of hydrogen-bond donors (Lipinski definition) is 2. The number of para-hydroxylation sites is 1. The molecule has 1 fully saturated rings. The van der Waals surface area contributed by atoms with Crippen molar-refractivity contribution in [1.29, 1.82) is 0 Å². The Morgan fingerprint density at radius 3 is 2.50 bits per heavy atom. The van der Waals surface area contributed by atoms with E-state index in [0.717, 1.165) is 16.8 Å². The zero-order valence-electron chi connectivity index (χ0n) is 29.6. The highest BCUT2D eigenvalue weighted by molar-refractivity contribution is 6.72. The van der Waals surface area contributed by atoms with E-state index in [-0.39, 0.29) is 18.4 Å². The van der Waals surface area contributed by atoms with Crippen molar-refractivity contribution in [3.05, 3.63) is 137 Å². The number of rotatable bonds is 11. The summed E-state index contributed by atoms with van der Waals surface area (Å²) in [6.07, 6.45) is 0.633. The minimum Gasteiger partial charge on any atom is -0.497 e. The van der Waals surface area contributed by atoms with Crippen LogP contribution >= 0.6 is 0 Å². The van der Waals surface area contributed by atoms with E-state index in [2.05, 4.69) is 15.6 Å². The maximum absolute atomic E-state index is 16.3. The fourth-order valence-corrected chi connectivity index (χ4v) is 10.5. The summed E-state index contributed by atoms with van der Waals surface area (Å²) in [7, 11) is -1.80. The summed E-state index contributed by atoms with van der Waals surface area (Å²) in [5.74, 6) is -0.275. The van der Waals surface area contributed by atoms with Crippen LogP contribution < -0.4 is 15.0 Å². The second kappa shape index (κ2) is 14.1. The fourth-order valence-electron chi connectivity index (χ4n) is 7.92. The van der Waals surface area contributed by atoms with E-state index in [1.54, 1.807) is 66.3 Å². The Labute approximate surface area is 303 Å². The van der Waals surface area contributed by atoms with Crippen LogP contribution in [0, 0.1) is 5.92 Å². The van der Waals surface area contributed by atoms with Crippen LogP contribution in [-0.4, -0.2) is 53.5 Å². The maximum atomic E-state index is 16.3. The Morgan fingerprint density at radius 1 is 1.04 bits per heavy atom. The molecule has 0 saturated carbocycles. The normalized spacial score (nSPS) is 21.7. The number of fused-ring (bicyclic) bond motifs is 2. The number of aryl methyl sites for hydroxylation is 1. The van der Waals surface area contributed by atoms with E-state index in [9.17, 15) is 14.7 Å². The number of anilines is 2. The van der Waals surface area contributed by atoms with Crippen LogP contribution in [0.4, 0.5) is 15.5 Å². The van der Waals surface area contributed by atoms with E-state index in [1.807, 2.05) is 79.7 Å². The average molecular weight is 720 g/mol. The number of methoxy groups -OCH3 is 1. The van der Waals surface area contributed by atoms with Gasteiger partial charge in [0.05, 0.1) is 31.6 Å². The number of nitrogens with zero attached hydrogens (tertiary/aromatic N) is 4. The lowest BCUT2D eigenvalue weighted by Gasteiger charge is -2.31. The van der Waals surface area contributed by atoms with Crippen molar-refractivity contribution in [2.45, 2.75) is 62.9 Å². The molecular weight excluding hydrogens is 678 g/mol. The predicted octanol–water partition coefficient (Wildman–Crippen LogP) is 7.03. The van der Waals surface area contributed by atoms with Gasteiger partial charge in [0.15, 0.2) is 5.60 Å². The van der Waals surface area contributed by atoms with Crippen molar-refractivity contribution >= 4 is 31.6 Å². The summed E-state index contributed by atoms with van der Waals surface area (Å²) in [6.45, 7) is 5.91. The van der Waals surface area contributed by atoms with E-state index in [4.69, 9.17) is 9.47 Å². The van der Waals surface area contributed by atoms with Crippen LogP contribution in [0.5, 0.6) is 5.75 Å². The quantitative estimate of drug-likeness (QED) is 0.111. The molecule has 3 heterocycles. The summed E-state index contributed by atoms with van der Waals surface area (Å²) in [6, 6.07) is 31.1. The molecule has 2 amide bonds. The van der Waals surface area contributed by atoms with E-state index < -0.39 is 37.7 Å². The highest BCUT2D eigenvalue weighted by Crippen LogP contribution is 2.60. The van der Waals surface area contributed by atoms with Crippen LogP contribution in [0.3, 0.4) is 0 Å². The van der Waals surface area contributed by atoms with Gasteiger partial charge < -0.3 is 28.9 Å². The van der Waals surface area contributed by atoms with Crippen LogP contribution in [0.1, 0.15) is 52.2 Å². The monoisotopic (exact) mass is 719 g/mol. The Bertz CT molecular complexity index is 2070. The second-order valence-corrected chi connectivity index (χ2v) is 17.9. The lowest BCUT2D eigenvalue weighted by atomic mass is 9.82. The van der Waals surface area contributed by atoms with E-state index in [1.165, 1.54) is 0 Å². The molecule has 1 spiro atoms. The summed E-state index contributed by atoms with van der Waals surface area (Å²) in [5, 5.41) is 22.2. The highest BCUT2D eigenvalue weighted by Gasteiger charge is 2.66. The van der Waals surface area contributed by atoms with Gasteiger partial charge in [0.2, 0.25) is 8.41 Å². The largest absolute Gasteiger partial charge is 0.497 e. The molecule has 2 aliphatic heterocycles. The van der Waals surface area contributed by atoms with Gasteiger partial charge in [-0.25, -0.2) is 0 Å². The number of hydrogen-bond acceptors (Lipinski definition) is 7.